The SMILES string of the molecule is CC[C@@H]([C@@H]1CCC(N=[N+]=[N-])C(O)O1)N(Cc1ccccc1)C(=O)OCc1ccccc1. The molecule has 1 saturated heterocycles. The molecule has 3 rings (SSSR count). The Balaban J connectivity index is 1.76. The van der Waals surface area contributed by atoms with Gasteiger partial charge < -0.3 is 14.6 Å². The third-order valence-corrected chi connectivity index (χ3v) is 5.47. The van der Waals surface area contributed by atoms with Crippen molar-refractivity contribution in [3.8, 4) is 0 Å². The molecule has 0 spiro atoms. The summed E-state index contributed by atoms with van der Waals surface area (Å²) in [5.74, 6) is 0. The van der Waals surface area contributed by atoms with E-state index in [4.69, 9.17) is 15.0 Å². The van der Waals surface area contributed by atoms with Crippen molar-refractivity contribution in [3.05, 3.63) is 82.2 Å². The quantitative estimate of drug-likeness (QED) is 0.374. The monoisotopic (exact) mass is 424 g/mol. The summed E-state index contributed by atoms with van der Waals surface area (Å²) in [5, 5.41) is 13.9. The molecule has 0 radical (unpaired) electrons. The number of nitrogens with zero attached hydrogens (tertiary/aromatic N) is 4. The Hall–Kier alpha value is -3.06. The summed E-state index contributed by atoms with van der Waals surface area (Å²) in [6.45, 7) is 2.51. The van der Waals surface area contributed by atoms with E-state index >= 15 is 0 Å². The fourth-order valence-corrected chi connectivity index (χ4v) is 3.86. The fraction of sp³-hybridized carbons (Fsp3) is 0.435. The van der Waals surface area contributed by atoms with Gasteiger partial charge in [0.2, 0.25) is 0 Å². The molecule has 0 saturated carbocycles. The van der Waals surface area contributed by atoms with Gasteiger partial charge >= 0.3 is 6.09 Å². The molecular formula is C23H28N4O4. The van der Waals surface area contributed by atoms with Crippen LogP contribution in [0.15, 0.2) is 65.8 Å². The molecule has 2 aromatic rings. The lowest BCUT2D eigenvalue weighted by molar-refractivity contribution is -0.188. The van der Waals surface area contributed by atoms with Crippen molar-refractivity contribution in [2.75, 3.05) is 0 Å². The van der Waals surface area contributed by atoms with Crippen LogP contribution < -0.4 is 0 Å². The number of azide groups is 1. The molecule has 164 valence electrons. The van der Waals surface area contributed by atoms with Crippen LogP contribution in [0.2, 0.25) is 0 Å². The van der Waals surface area contributed by atoms with Crippen molar-refractivity contribution >= 4 is 6.09 Å². The van der Waals surface area contributed by atoms with Crippen molar-refractivity contribution in [1.29, 1.82) is 0 Å². The zero-order chi connectivity index (χ0) is 22.1. The number of hydrogen-bond acceptors (Lipinski definition) is 5. The lowest BCUT2D eigenvalue weighted by Gasteiger charge is -2.40. The first-order valence-corrected chi connectivity index (χ1v) is 10.5. The summed E-state index contributed by atoms with van der Waals surface area (Å²) in [6.07, 6.45) is -0.339. The van der Waals surface area contributed by atoms with E-state index < -0.39 is 24.5 Å². The van der Waals surface area contributed by atoms with E-state index in [0.29, 0.717) is 25.8 Å². The fourth-order valence-electron chi connectivity index (χ4n) is 3.86. The van der Waals surface area contributed by atoms with Gasteiger partial charge in [0.05, 0.1) is 18.2 Å². The molecule has 0 aliphatic carbocycles. The van der Waals surface area contributed by atoms with Crippen LogP contribution in [0, 0.1) is 0 Å². The van der Waals surface area contributed by atoms with E-state index in [1.165, 1.54) is 0 Å². The zero-order valence-electron chi connectivity index (χ0n) is 17.6. The Morgan fingerprint density at radius 2 is 1.84 bits per heavy atom. The van der Waals surface area contributed by atoms with E-state index in [9.17, 15) is 9.90 Å². The molecule has 8 nitrogen and oxygen atoms in total. The van der Waals surface area contributed by atoms with Crippen molar-refractivity contribution in [2.45, 2.75) is 63.8 Å². The maximum Gasteiger partial charge on any atom is 0.410 e. The Kier molecular flexibility index (Phi) is 8.29. The predicted molar refractivity (Wildman–Crippen MR) is 116 cm³/mol. The zero-order valence-corrected chi connectivity index (χ0v) is 17.6. The maximum absolute atomic E-state index is 13.1. The molecule has 1 aliphatic heterocycles. The molecule has 0 aromatic heterocycles. The summed E-state index contributed by atoms with van der Waals surface area (Å²) < 4.78 is 11.4. The Labute approximate surface area is 182 Å². The Morgan fingerprint density at radius 1 is 1.19 bits per heavy atom. The van der Waals surface area contributed by atoms with Gasteiger partial charge in [-0.15, -0.1) is 0 Å². The molecule has 1 N–H and O–H groups in total. The molecule has 1 amide bonds. The lowest BCUT2D eigenvalue weighted by Crippen LogP contribution is -2.51. The predicted octanol–water partition coefficient (Wildman–Crippen LogP) is 4.78. The number of carbonyl (C=O) groups excluding carboxylic acids is 1. The summed E-state index contributed by atoms with van der Waals surface area (Å²) in [4.78, 5) is 17.6. The van der Waals surface area contributed by atoms with Crippen molar-refractivity contribution in [1.82, 2.24) is 4.90 Å². The van der Waals surface area contributed by atoms with Gasteiger partial charge in [0.15, 0.2) is 6.29 Å². The highest BCUT2D eigenvalue weighted by Gasteiger charge is 2.37. The summed E-state index contributed by atoms with van der Waals surface area (Å²) >= 11 is 0. The molecule has 2 unspecified atom stereocenters. The standard InChI is InChI=1S/C23H28N4O4/c1-2-20(21-14-13-19(25-26-24)22(28)31-21)27(15-17-9-5-3-6-10-17)23(29)30-16-18-11-7-4-8-12-18/h3-12,19-22,28H,2,13-16H2,1H3/t19?,20-,21-,22?/m0/s1. The third-order valence-electron chi connectivity index (χ3n) is 5.47. The van der Waals surface area contributed by atoms with Gasteiger partial charge in [0, 0.05) is 11.5 Å². The molecule has 8 heteroatoms. The van der Waals surface area contributed by atoms with Gasteiger partial charge in [-0.25, -0.2) is 4.79 Å². The Bertz CT molecular complexity index is 874. The van der Waals surface area contributed by atoms with Gasteiger partial charge in [0.25, 0.3) is 0 Å². The maximum atomic E-state index is 13.1. The minimum atomic E-state index is -1.19. The van der Waals surface area contributed by atoms with Crippen LogP contribution >= 0.6 is 0 Å². The van der Waals surface area contributed by atoms with Gasteiger partial charge in [-0.1, -0.05) is 72.7 Å². The minimum absolute atomic E-state index is 0.175. The second kappa shape index (κ2) is 11.4. The molecular weight excluding hydrogens is 396 g/mol. The number of carbonyl (C=O) groups is 1. The highest BCUT2D eigenvalue weighted by molar-refractivity contribution is 5.68. The number of amides is 1. The summed E-state index contributed by atoms with van der Waals surface area (Å²) in [6, 6.07) is 18.3. The topological polar surface area (TPSA) is 108 Å². The molecule has 1 aliphatic rings. The smallest absolute Gasteiger partial charge is 0.410 e. The Morgan fingerprint density at radius 3 is 2.42 bits per heavy atom. The number of benzene rings is 2. The molecule has 2 aromatic carbocycles. The van der Waals surface area contributed by atoms with Gasteiger partial charge in [-0.3, -0.25) is 4.90 Å². The van der Waals surface area contributed by atoms with Crippen LogP contribution in [0.1, 0.15) is 37.3 Å². The first kappa shape index (κ1) is 22.6. The number of aliphatic hydroxyl groups excluding tert-OH is 1. The summed E-state index contributed by atoms with van der Waals surface area (Å²) in [5.41, 5.74) is 10.5. The average Bonchev–Trinajstić information content (AvgIpc) is 2.80. The van der Waals surface area contributed by atoms with Crippen molar-refractivity contribution < 1.29 is 19.4 Å². The van der Waals surface area contributed by atoms with Crippen LogP contribution in [0.4, 0.5) is 4.79 Å². The van der Waals surface area contributed by atoms with E-state index in [1.54, 1.807) is 4.90 Å². The van der Waals surface area contributed by atoms with Gasteiger partial charge in [0.1, 0.15) is 6.61 Å². The van der Waals surface area contributed by atoms with E-state index in [1.807, 2.05) is 67.6 Å². The number of hydrogen-bond donors (Lipinski definition) is 1. The molecule has 4 atom stereocenters. The molecule has 0 bridgehead atoms. The van der Waals surface area contributed by atoms with Crippen LogP contribution in [0.25, 0.3) is 10.4 Å². The average molecular weight is 425 g/mol. The number of rotatable bonds is 8. The van der Waals surface area contributed by atoms with Gasteiger partial charge in [-0.05, 0) is 35.9 Å². The molecule has 31 heavy (non-hydrogen) atoms. The first-order chi connectivity index (χ1) is 15.1. The van der Waals surface area contributed by atoms with E-state index in [0.717, 1.165) is 11.1 Å². The van der Waals surface area contributed by atoms with Crippen molar-refractivity contribution in [3.63, 3.8) is 0 Å². The second-order valence-electron chi connectivity index (χ2n) is 7.54. The van der Waals surface area contributed by atoms with Crippen LogP contribution in [-0.2, 0) is 22.6 Å². The lowest BCUT2D eigenvalue weighted by atomic mass is 9.96. The van der Waals surface area contributed by atoms with Crippen LogP contribution in [0.3, 0.4) is 0 Å². The van der Waals surface area contributed by atoms with Crippen LogP contribution in [0.5, 0.6) is 0 Å². The molecule has 1 fully saturated rings. The van der Waals surface area contributed by atoms with E-state index in [2.05, 4.69) is 10.0 Å². The normalized spacial score (nSPS) is 21.5. The number of ether oxygens (including phenoxy) is 2. The van der Waals surface area contributed by atoms with Crippen LogP contribution in [-0.4, -0.2) is 40.6 Å². The van der Waals surface area contributed by atoms with E-state index in [-0.39, 0.29) is 12.6 Å². The third kappa shape index (κ3) is 6.21. The largest absolute Gasteiger partial charge is 0.445 e. The minimum Gasteiger partial charge on any atom is -0.445 e. The molecule has 1 heterocycles. The van der Waals surface area contributed by atoms with Gasteiger partial charge in [-0.2, -0.15) is 0 Å². The second-order valence-corrected chi connectivity index (χ2v) is 7.54. The first-order valence-electron chi connectivity index (χ1n) is 10.5. The highest BCUT2D eigenvalue weighted by Crippen LogP contribution is 2.28. The highest BCUT2D eigenvalue weighted by atomic mass is 16.6. The number of aliphatic hydroxyl groups is 1. The van der Waals surface area contributed by atoms with Crippen molar-refractivity contribution in [2.24, 2.45) is 5.11 Å². The summed E-state index contributed by atoms with van der Waals surface area (Å²) in [7, 11) is 0.